The van der Waals surface area contributed by atoms with Gasteiger partial charge in [-0.3, -0.25) is 4.79 Å². The third kappa shape index (κ3) is 5.54. The minimum absolute atomic E-state index is 0.0619. The molecule has 4 N–H and O–H groups in total. The van der Waals surface area contributed by atoms with E-state index in [1.165, 1.54) is 0 Å². The minimum Gasteiger partial charge on any atom is -0.484 e. The van der Waals surface area contributed by atoms with Crippen molar-refractivity contribution in [2.45, 2.75) is 32.4 Å². The summed E-state index contributed by atoms with van der Waals surface area (Å²) in [5, 5.41) is 11.9. The molecule has 0 fully saturated rings. The molecule has 2 atom stereocenters. The number of nitrogens with two attached hydrogens (primary N) is 1. The summed E-state index contributed by atoms with van der Waals surface area (Å²) < 4.78 is 5.30. The number of aliphatic hydroxyl groups excluding tert-OH is 1. The van der Waals surface area contributed by atoms with Crippen LogP contribution in [0, 0.1) is 0 Å². The molecule has 0 spiro atoms. The topological polar surface area (TPSA) is 84.6 Å². The zero-order valence-corrected chi connectivity index (χ0v) is 10.7. The van der Waals surface area contributed by atoms with Crippen LogP contribution in [-0.4, -0.2) is 29.8 Å². The van der Waals surface area contributed by atoms with Crippen LogP contribution in [0.2, 0.25) is 0 Å². The third-order valence-corrected chi connectivity index (χ3v) is 2.33. The summed E-state index contributed by atoms with van der Waals surface area (Å²) in [7, 11) is 0. The van der Waals surface area contributed by atoms with Crippen molar-refractivity contribution in [1.82, 2.24) is 5.32 Å². The van der Waals surface area contributed by atoms with Gasteiger partial charge in [0.2, 0.25) is 0 Å². The quantitative estimate of drug-likeness (QED) is 0.657. The van der Waals surface area contributed by atoms with Crippen LogP contribution in [-0.2, 0) is 4.79 Å². The number of aliphatic hydroxyl groups is 1. The van der Waals surface area contributed by atoms with E-state index in [2.05, 4.69) is 5.32 Å². The van der Waals surface area contributed by atoms with Gasteiger partial charge >= 0.3 is 0 Å². The van der Waals surface area contributed by atoms with Crippen molar-refractivity contribution < 1.29 is 14.6 Å². The van der Waals surface area contributed by atoms with Crippen molar-refractivity contribution in [3.05, 3.63) is 24.3 Å². The Kier molecular flexibility index (Phi) is 5.45. The van der Waals surface area contributed by atoms with E-state index in [-0.39, 0.29) is 18.6 Å². The molecule has 0 aliphatic carbocycles. The molecule has 0 heterocycles. The number of amides is 1. The second-order valence-electron chi connectivity index (χ2n) is 4.41. The van der Waals surface area contributed by atoms with Crippen molar-refractivity contribution in [2.24, 2.45) is 0 Å². The molecule has 0 saturated carbocycles. The number of hydrogen-bond donors (Lipinski definition) is 3. The summed E-state index contributed by atoms with van der Waals surface area (Å²) in [6.45, 7) is 3.46. The van der Waals surface area contributed by atoms with Gasteiger partial charge in [0, 0.05) is 17.8 Å². The van der Waals surface area contributed by atoms with Crippen molar-refractivity contribution in [3.8, 4) is 5.75 Å². The van der Waals surface area contributed by atoms with Crippen molar-refractivity contribution >= 4 is 11.6 Å². The number of benzene rings is 1. The fourth-order valence-electron chi connectivity index (χ4n) is 1.64. The van der Waals surface area contributed by atoms with Crippen LogP contribution in [0.5, 0.6) is 5.75 Å². The molecule has 5 heteroatoms. The Bertz CT molecular complexity index is 394. The summed E-state index contributed by atoms with van der Waals surface area (Å²) in [4.78, 5) is 11.5. The lowest BCUT2D eigenvalue weighted by Gasteiger charge is -2.15. The van der Waals surface area contributed by atoms with Crippen LogP contribution in [0.25, 0.3) is 0 Å². The van der Waals surface area contributed by atoms with Gasteiger partial charge in [0.1, 0.15) is 5.75 Å². The Morgan fingerprint density at radius 2 is 2.22 bits per heavy atom. The van der Waals surface area contributed by atoms with E-state index in [1.807, 2.05) is 6.92 Å². The highest BCUT2D eigenvalue weighted by Crippen LogP contribution is 2.14. The number of nitrogen functional groups attached to an aromatic ring is 1. The first-order chi connectivity index (χ1) is 8.47. The van der Waals surface area contributed by atoms with Gasteiger partial charge in [0.25, 0.3) is 5.91 Å². The van der Waals surface area contributed by atoms with Crippen molar-refractivity contribution in [3.63, 3.8) is 0 Å². The van der Waals surface area contributed by atoms with E-state index in [9.17, 15) is 9.90 Å². The maximum Gasteiger partial charge on any atom is 0.258 e. The van der Waals surface area contributed by atoms with Crippen LogP contribution < -0.4 is 15.8 Å². The molecule has 100 valence electrons. The van der Waals surface area contributed by atoms with E-state index < -0.39 is 6.10 Å². The average molecular weight is 252 g/mol. The van der Waals surface area contributed by atoms with Gasteiger partial charge in [0.15, 0.2) is 6.61 Å². The second kappa shape index (κ2) is 6.86. The first-order valence-electron chi connectivity index (χ1n) is 5.93. The Morgan fingerprint density at radius 1 is 1.50 bits per heavy atom. The maximum atomic E-state index is 11.5. The summed E-state index contributed by atoms with van der Waals surface area (Å²) in [5.74, 6) is 0.346. The van der Waals surface area contributed by atoms with Crippen molar-refractivity contribution in [2.75, 3.05) is 12.3 Å². The number of ether oxygens (including phenoxy) is 1. The molecule has 0 bridgehead atoms. The predicted octanol–water partition coefficient (Wildman–Crippen LogP) is 0.923. The molecule has 1 rings (SSSR count). The average Bonchev–Trinajstić information content (AvgIpc) is 2.25. The molecule has 0 saturated heterocycles. The molecule has 18 heavy (non-hydrogen) atoms. The van der Waals surface area contributed by atoms with E-state index >= 15 is 0 Å². The van der Waals surface area contributed by atoms with Gasteiger partial charge in [-0.25, -0.2) is 0 Å². The molecule has 1 aromatic carbocycles. The number of hydrogen-bond acceptors (Lipinski definition) is 4. The highest BCUT2D eigenvalue weighted by atomic mass is 16.5. The number of carbonyl (C=O) groups excluding carboxylic acids is 1. The molecule has 1 aromatic rings. The van der Waals surface area contributed by atoms with Gasteiger partial charge in [-0.1, -0.05) is 6.07 Å². The highest BCUT2D eigenvalue weighted by molar-refractivity contribution is 5.77. The van der Waals surface area contributed by atoms with Gasteiger partial charge < -0.3 is 20.9 Å². The van der Waals surface area contributed by atoms with Gasteiger partial charge in [0.05, 0.1) is 6.10 Å². The highest BCUT2D eigenvalue weighted by Gasteiger charge is 2.10. The molecule has 0 radical (unpaired) electrons. The van der Waals surface area contributed by atoms with Crippen LogP contribution >= 0.6 is 0 Å². The molecule has 5 nitrogen and oxygen atoms in total. The predicted molar refractivity (Wildman–Crippen MR) is 70.3 cm³/mol. The molecule has 1 amide bonds. The van der Waals surface area contributed by atoms with Crippen molar-refractivity contribution in [1.29, 1.82) is 0 Å². The van der Waals surface area contributed by atoms with Crippen LogP contribution in [0.15, 0.2) is 24.3 Å². The molecule has 0 aliphatic heterocycles. The first kappa shape index (κ1) is 14.3. The van der Waals surface area contributed by atoms with Gasteiger partial charge in [-0.05, 0) is 32.4 Å². The van der Waals surface area contributed by atoms with E-state index in [0.717, 1.165) is 0 Å². The molecule has 0 aromatic heterocycles. The zero-order valence-electron chi connectivity index (χ0n) is 10.7. The Balaban J connectivity index is 2.33. The fraction of sp³-hybridized carbons (Fsp3) is 0.462. The fourth-order valence-corrected chi connectivity index (χ4v) is 1.64. The minimum atomic E-state index is -0.435. The summed E-state index contributed by atoms with van der Waals surface area (Å²) in [6.07, 6.45) is 0.0828. The smallest absolute Gasteiger partial charge is 0.258 e. The number of nitrogens with one attached hydrogen (secondary N) is 1. The Hall–Kier alpha value is -1.75. The zero-order chi connectivity index (χ0) is 13.5. The summed E-state index contributed by atoms with van der Waals surface area (Å²) in [6, 6.07) is 6.83. The number of rotatable bonds is 6. The monoisotopic (exact) mass is 252 g/mol. The van der Waals surface area contributed by atoms with Gasteiger partial charge in [-0.15, -0.1) is 0 Å². The van der Waals surface area contributed by atoms with Crippen LogP contribution in [0.4, 0.5) is 5.69 Å². The first-order valence-corrected chi connectivity index (χ1v) is 5.93. The number of carbonyl (C=O) groups is 1. The van der Waals surface area contributed by atoms with Gasteiger partial charge in [-0.2, -0.15) is 0 Å². The molecular weight excluding hydrogens is 232 g/mol. The molecular formula is C13H20N2O3. The molecule has 0 aliphatic rings. The maximum absolute atomic E-state index is 11.5. The SMILES string of the molecule is CC(O)CC(C)NC(=O)COc1cccc(N)c1. The van der Waals surface area contributed by atoms with Crippen LogP contribution in [0.1, 0.15) is 20.3 Å². The standard InChI is InChI=1S/C13H20N2O3/c1-9(6-10(2)16)15-13(17)8-18-12-5-3-4-11(14)7-12/h3-5,7,9-10,16H,6,8,14H2,1-2H3,(H,15,17). The second-order valence-corrected chi connectivity index (χ2v) is 4.41. The lowest BCUT2D eigenvalue weighted by atomic mass is 10.1. The third-order valence-electron chi connectivity index (χ3n) is 2.33. The largest absolute Gasteiger partial charge is 0.484 e. The van der Waals surface area contributed by atoms with E-state index in [0.29, 0.717) is 17.9 Å². The normalized spacial score (nSPS) is 13.7. The Morgan fingerprint density at radius 3 is 2.83 bits per heavy atom. The van der Waals surface area contributed by atoms with E-state index in [1.54, 1.807) is 31.2 Å². The van der Waals surface area contributed by atoms with E-state index in [4.69, 9.17) is 10.5 Å². The number of anilines is 1. The lowest BCUT2D eigenvalue weighted by Crippen LogP contribution is -2.37. The summed E-state index contributed by atoms with van der Waals surface area (Å²) in [5.41, 5.74) is 6.19. The Labute approximate surface area is 107 Å². The lowest BCUT2D eigenvalue weighted by molar-refractivity contribution is -0.123. The van der Waals surface area contributed by atoms with Crippen LogP contribution in [0.3, 0.4) is 0 Å². The molecule has 2 unspecified atom stereocenters. The summed E-state index contributed by atoms with van der Waals surface area (Å²) >= 11 is 0.